The van der Waals surface area contributed by atoms with E-state index in [2.05, 4.69) is 36.6 Å². The predicted molar refractivity (Wildman–Crippen MR) is 126 cm³/mol. The van der Waals surface area contributed by atoms with Crippen molar-refractivity contribution in [3.63, 3.8) is 0 Å². The van der Waals surface area contributed by atoms with Gasteiger partial charge in [-0.15, -0.1) is 24.0 Å². The number of rotatable bonds is 6. The molecule has 1 aromatic carbocycles. The topological polar surface area (TPSA) is 54.9 Å². The summed E-state index contributed by atoms with van der Waals surface area (Å²) in [6.45, 7) is 8.94. The smallest absolute Gasteiger partial charge is 0.191 e. The van der Waals surface area contributed by atoms with Crippen LogP contribution in [-0.2, 0) is 14.9 Å². The molecule has 0 saturated carbocycles. The van der Waals surface area contributed by atoms with Gasteiger partial charge in [0.25, 0.3) is 0 Å². The number of nitrogens with zero attached hydrogens (tertiary/aromatic N) is 1. The quantitative estimate of drug-likeness (QED) is 0.336. The molecule has 2 fully saturated rings. The first kappa shape index (κ1) is 23.7. The van der Waals surface area contributed by atoms with E-state index >= 15 is 0 Å². The Morgan fingerprint density at radius 1 is 1.18 bits per heavy atom. The van der Waals surface area contributed by atoms with Gasteiger partial charge in [0.05, 0.1) is 12.1 Å². The molecule has 2 heterocycles. The highest BCUT2D eigenvalue weighted by Gasteiger charge is 2.35. The van der Waals surface area contributed by atoms with E-state index in [1.807, 2.05) is 12.1 Å². The van der Waals surface area contributed by atoms with E-state index in [1.54, 1.807) is 0 Å². The zero-order valence-corrected chi connectivity index (χ0v) is 20.0. The Hall–Kier alpha value is -0.570. The van der Waals surface area contributed by atoms with Crippen LogP contribution in [0.15, 0.2) is 29.3 Å². The molecule has 0 radical (unpaired) electrons. The monoisotopic (exact) mass is 521 g/mol. The zero-order chi connectivity index (χ0) is 19.2. The minimum atomic E-state index is -0.133. The molecule has 1 atom stereocenters. The maximum Gasteiger partial charge on any atom is 0.191 e. The summed E-state index contributed by atoms with van der Waals surface area (Å²) in [5.41, 5.74) is 1.14. The summed E-state index contributed by atoms with van der Waals surface area (Å²) < 4.78 is 11.5. The van der Waals surface area contributed by atoms with Gasteiger partial charge in [-0.3, -0.25) is 4.99 Å². The lowest BCUT2D eigenvalue weighted by atomic mass is 9.74. The summed E-state index contributed by atoms with van der Waals surface area (Å²) >= 11 is 6.27. The molecule has 0 amide bonds. The Morgan fingerprint density at radius 2 is 1.96 bits per heavy atom. The second-order valence-electron chi connectivity index (χ2n) is 7.85. The molecule has 0 aromatic heterocycles. The number of halogens is 2. The van der Waals surface area contributed by atoms with Crippen LogP contribution < -0.4 is 10.6 Å². The average molecular weight is 522 g/mol. The van der Waals surface area contributed by atoms with E-state index in [0.717, 1.165) is 69.6 Å². The van der Waals surface area contributed by atoms with E-state index in [9.17, 15) is 0 Å². The summed E-state index contributed by atoms with van der Waals surface area (Å²) in [6, 6.07) is 8.23. The minimum Gasteiger partial charge on any atom is -0.381 e. The number of guanidine groups is 1. The Kier molecular flexibility index (Phi) is 9.31. The summed E-state index contributed by atoms with van der Waals surface area (Å²) in [6.07, 6.45) is 4.13. The molecule has 2 aliphatic rings. The first-order chi connectivity index (χ1) is 13.1. The first-order valence-electron chi connectivity index (χ1n) is 10.1. The van der Waals surface area contributed by atoms with Crippen molar-refractivity contribution in [1.82, 2.24) is 10.6 Å². The van der Waals surface area contributed by atoms with Crippen LogP contribution in [0.2, 0.25) is 5.02 Å². The summed E-state index contributed by atoms with van der Waals surface area (Å²) in [7, 11) is 0. The molecular weight excluding hydrogens is 489 g/mol. The second kappa shape index (κ2) is 11.0. The fourth-order valence-corrected chi connectivity index (χ4v) is 4.14. The SMILES string of the molecule is CCNC(=NCC1(C)CCCO1)NCC1(c2cccc(Cl)c2)CCOCC1.I. The number of ether oxygens (including phenoxy) is 2. The normalized spacial score (nSPS) is 24.5. The molecule has 2 saturated heterocycles. The van der Waals surface area contributed by atoms with Crippen LogP contribution in [0, 0.1) is 0 Å². The standard InChI is InChI=1S/C21H32ClN3O2.HI/c1-3-23-19(24-15-20(2)8-5-11-27-20)25-16-21(9-12-26-13-10-21)17-6-4-7-18(22)14-17;/h4,6-7,14H,3,5,8-13,15-16H2,1-2H3,(H2,23,24,25);1H. The van der Waals surface area contributed by atoms with Crippen LogP contribution in [0.1, 0.15) is 45.1 Å². The van der Waals surface area contributed by atoms with Crippen LogP contribution in [0.3, 0.4) is 0 Å². The zero-order valence-electron chi connectivity index (χ0n) is 16.9. The second-order valence-corrected chi connectivity index (χ2v) is 8.29. The highest BCUT2D eigenvalue weighted by molar-refractivity contribution is 14.0. The maximum atomic E-state index is 6.27. The number of aliphatic imine (C=N–C) groups is 1. The predicted octanol–water partition coefficient (Wildman–Crippen LogP) is 4.13. The van der Waals surface area contributed by atoms with Gasteiger partial charge < -0.3 is 20.1 Å². The van der Waals surface area contributed by atoms with Crippen LogP contribution in [-0.4, -0.2) is 51.0 Å². The molecule has 7 heteroatoms. The summed E-state index contributed by atoms with van der Waals surface area (Å²) in [4.78, 5) is 4.81. The third kappa shape index (κ3) is 6.21. The van der Waals surface area contributed by atoms with Crippen molar-refractivity contribution in [2.45, 2.75) is 50.5 Å². The van der Waals surface area contributed by atoms with Crippen molar-refractivity contribution in [2.75, 3.05) is 39.5 Å². The molecule has 5 nitrogen and oxygen atoms in total. The van der Waals surface area contributed by atoms with Gasteiger partial charge in [-0.25, -0.2) is 0 Å². The van der Waals surface area contributed by atoms with Gasteiger partial charge in [0, 0.05) is 43.3 Å². The fraction of sp³-hybridized carbons (Fsp3) is 0.667. The number of hydrogen-bond acceptors (Lipinski definition) is 3. The van der Waals surface area contributed by atoms with Crippen molar-refractivity contribution >= 4 is 41.5 Å². The number of nitrogens with one attached hydrogen (secondary N) is 2. The third-order valence-electron chi connectivity index (χ3n) is 5.70. The van der Waals surface area contributed by atoms with Gasteiger partial charge in [0.2, 0.25) is 0 Å². The van der Waals surface area contributed by atoms with E-state index in [0.29, 0.717) is 6.54 Å². The van der Waals surface area contributed by atoms with Crippen LogP contribution in [0.25, 0.3) is 0 Å². The van der Waals surface area contributed by atoms with Gasteiger partial charge in [-0.2, -0.15) is 0 Å². The van der Waals surface area contributed by atoms with Gasteiger partial charge in [-0.05, 0) is 57.2 Å². The van der Waals surface area contributed by atoms with E-state index in [4.69, 9.17) is 26.1 Å². The lowest BCUT2D eigenvalue weighted by Gasteiger charge is -2.38. The van der Waals surface area contributed by atoms with E-state index < -0.39 is 0 Å². The number of benzene rings is 1. The maximum absolute atomic E-state index is 6.27. The van der Waals surface area contributed by atoms with E-state index in [-0.39, 0.29) is 35.0 Å². The summed E-state index contributed by atoms with van der Waals surface area (Å²) in [5.74, 6) is 0.849. The molecule has 2 aliphatic heterocycles. The lowest BCUT2D eigenvalue weighted by Crippen LogP contribution is -2.48. The van der Waals surface area contributed by atoms with Gasteiger partial charge in [0.15, 0.2) is 5.96 Å². The van der Waals surface area contributed by atoms with Crippen LogP contribution in [0.5, 0.6) is 0 Å². The van der Waals surface area contributed by atoms with Gasteiger partial charge in [0.1, 0.15) is 0 Å². The van der Waals surface area contributed by atoms with Gasteiger partial charge in [-0.1, -0.05) is 23.7 Å². The van der Waals surface area contributed by atoms with Crippen molar-refractivity contribution in [3.8, 4) is 0 Å². The third-order valence-corrected chi connectivity index (χ3v) is 5.93. The highest BCUT2D eigenvalue weighted by atomic mass is 127. The van der Waals surface area contributed by atoms with Crippen LogP contribution >= 0.6 is 35.6 Å². The molecule has 1 unspecified atom stereocenters. The molecule has 28 heavy (non-hydrogen) atoms. The molecule has 0 spiro atoms. The van der Waals surface area contributed by atoms with Crippen LogP contribution in [0.4, 0.5) is 0 Å². The average Bonchev–Trinajstić information content (AvgIpc) is 3.12. The first-order valence-corrected chi connectivity index (χ1v) is 10.4. The molecule has 2 N–H and O–H groups in total. The largest absolute Gasteiger partial charge is 0.381 e. The highest BCUT2D eigenvalue weighted by Crippen LogP contribution is 2.35. The Balaban J connectivity index is 0.00000280. The Labute approximate surface area is 191 Å². The lowest BCUT2D eigenvalue weighted by molar-refractivity contribution is 0.0283. The molecule has 1 aromatic rings. The fourth-order valence-electron chi connectivity index (χ4n) is 3.95. The number of hydrogen-bond donors (Lipinski definition) is 2. The van der Waals surface area contributed by atoms with Crippen molar-refractivity contribution in [2.24, 2.45) is 4.99 Å². The van der Waals surface area contributed by atoms with Crippen molar-refractivity contribution in [3.05, 3.63) is 34.9 Å². The van der Waals surface area contributed by atoms with Gasteiger partial charge >= 0.3 is 0 Å². The molecule has 158 valence electrons. The molecule has 3 rings (SSSR count). The molecule has 0 bridgehead atoms. The van der Waals surface area contributed by atoms with Crippen molar-refractivity contribution < 1.29 is 9.47 Å². The van der Waals surface area contributed by atoms with E-state index in [1.165, 1.54) is 5.56 Å². The minimum absolute atomic E-state index is 0. The summed E-state index contributed by atoms with van der Waals surface area (Å²) in [5, 5.41) is 7.73. The molecule has 0 aliphatic carbocycles. The van der Waals surface area contributed by atoms with Crippen molar-refractivity contribution in [1.29, 1.82) is 0 Å². The Bertz CT molecular complexity index is 644. The Morgan fingerprint density at radius 3 is 2.61 bits per heavy atom. The molecular formula is C21H33ClIN3O2.